The molecule has 1 aromatic rings. The molecule has 0 bridgehead atoms. The van der Waals surface area contributed by atoms with Crippen LogP contribution in [0.25, 0.3) is 0 Å². The standard InChI is InChI=1S/C14H21NO/c1-3-16-10-13-6-4-5-7-14(13)15-11(2)12-8-9-12/h4-7,11-12,15H,3,8-10H2,1-2H3. The summed E-state index contributed by atoms with van der Waals surface area (Å²) in [5, 5.41) is 3.60. The van der Waals surface area contributed by atoms with Crippen molar-refractivity contribution in [2.24, 2.45) is 5.92 Å². The van der Waals surface area contributed by atoms with E-state index < -0.39 is 0 Å². The van der Waals surface area contributed by atoms with Gasteiger partial charge in [-0.25, -0.2) is 0 Å². The van der Waals surface area contributed by atoms with E-state index in [0.717, 1.165) is 12.5 Å². The predicted molar refractivity (Wildman–Crippen MR) is 67.6 cm³/mol. The molecule has 0 amide bonds. The van der Waals surface area contributed by atoms with E-state index in [-0.39, 0.29) is 0 Å². The third-order valence-corrected chi connectivity index (χ3v) is 3.19. The monoisotopic (exact) mass is 219 g/mol. The maximum Gasteiger partial charge on any atom is 0.0736 e. The van der Waals surface area contributed by atoms with Crippen molar-refractivity contribution >= 4 is 5.69 Å². The fourth-order valence-corrected chi connectivity index (χ4v) is 1.96. The maximum atomic E-state index is 5.48. The van der Waals surface area contributed by atoms with Gasteiger partial charge < -0.3 is 10.1 Å². The normalized spacial score (nSPS) is 17.1. The Morgan fingerprint density at radius 3 is 2.81 bits per heavy atom. The SMILES string of the molecule is CCOCc1ccccc1NC(C)C1CC1. The maximum absolute atomic E-state index is 5.48. The van der Waals surface area contributed by atoms with Gasteiger partial charge in [0.25, 0.3) is 0 Å². The van der Waals surface area contributed by atoms with Gasteiger partial charge in [0.15, 0.2) is 0 Å². The molecule has 0 radical (unpaired) electrons. The first-order valence-corrected chi connectivity index (χ1v) is 6.23. The van der Waals surface area contributed by atoms with Gasteiger partial charge in [-0.05, 0) is 38.7 Å². The second-order valence-corrected chi connectivity index (χ2v) is 4.56. The molecule has 88 valence electrons. The lowest BCUT2D eigenvalue weighted by Gasteiger charge is -2.17. The second-order valence-electron chi connectivity index (χ2n) is 4.56. The molecule has 2 heteroatoms. The summed E-state index contributed by atoms with van der Waals surface area (Å²) in [5.41, 5.74) is 2.49. The molecule has 16 heavy (non-hydrogen) atoms. The molecule has 1 atom stereocenters. The first-order valence-electron chi connectivity index (χ1n) is 6.23. The largest absolute Gasteiger partial charge is 0.382 e. The van der Waals surface area contributed by atoms with E-state index >= 15 is 0 Å². The minimum atomic E-state index is 0.586. The van der Waals surface area contributed by atoms with Crippen molar-refractivity contribution in [2.45, 2.75) is 39.3 Å². The van der Waals surface area contributed by atoms with Crippen LogP contribution in [0, 0.1) is 5.92 Å². The van der Waals surface area contributed by atoms with Crippen LogP contribution in [0.15, 0.2) is 24.3 Å². The van der Waals surface area contributed by atoms with Crippen LogP contribution in [-0.2, 0) is 11.3 Å². The minimum Gasteiger partial charge on any atom is -0.382 e. The highest BCUT2D eigenvalue weighted by molar-refractivity contribution is 5.51. The average Bonchev–Trinajstić information content (AvgIpc) is 3.11. The molecule has 0 aromatic heterocycles. The summed E-state index contributed by atoms with van der Waals surface area (Å²) in [6.45, 7) is 5.78. The minimum absolute atomic E-state index is 0.586. The Labute approximate surface area is 98.0 Å². The van der Waals surface area contributed by atoms with E-state index in [2.05, 4.69) is 36.5 Å². The fraction of sp³-hybridized carbons (Fsp3) is 0.571. The zero-order valence-corrected chi connectivity index (χ0v) is 10.2. The lowest BCUT2D eigenvalue weighted by atomic mass is 10.1. The van der Waals surface area contributed by atoms with Gasteiger partial charge in [0.1, 0.15) is 0 Å². The topological polar surface area (TPSA) is 21.3 Å². The smallest absolute Gasteiger partial charge is 0.0736 e. The molecular formula is C14H21NO. The second kappa shape index (κ2) is 5.35. The molecule has 2 nitrogen and oxygen atoms in total. The summed E-state index contributed by atoms with van der Waals surface area (Å²) in [5.74, 6) is 0.875. The molecule has 0 spiro atoms. The van der Waals surface area contributed by atoms with Gasteiger partial charge in [-0.2, -0.15) is 0 Å². The molecule has 1 aromatic carbocycles. The Morgan fingerprint density at radius 1 is 1.38 bits per heavy atom. The van der Waals surface area contributed by atoms with Gasteiger partial charge in [0.2, 0.25) is 0 Å². The summed E-state index contributed by atoms with van der Waals surface area (Å²) in [7, 11) is 0. The van der Waals surface area contributed by atoms with E-state index in [1.54, 1.807) is 0 Å². The van der Waals surface area contributed by atoms with Crippen LogP contribution in [0.5, 0.6) is 0 Å². The summed E-state index contributed by atoms with van der Waals surface area (Å²) >= 11 is 0. The van der Waals surface area contributed by atoms with Crippen molar-refractivity contribution in [1.82, 2.24) is 0 Å². The van der Waals surface area contributed by atoms with Crippen molar-refractivity contribution < 1.29 is 4.74 Å². The molecule has 1 unspecified atom stereocenters. The van der Waals surface area contributed by atoms with Gasteiger partial charge in [-0.3, -0.25) is 0 Å². The van der Waals surface area contributed by atoms with Crippen LogP contribution in [-0.4, -0.2) is 12.6 Å². The van der Waals surface area contributed by atoms with Crippen LogP contribution in [0.4, 0.5) is 5.69 Å². The first-order chi connectivity index (χ1) is 7.81. The van der Waals surface area contributed by atoms with Gasteiger partial charge in [-0.15, -0.1) is 0 Å². The Morgan fingerprint density at radius 2 is 2.12 bits per heavy atom. The van der Waals surface area contributed by atoms with E-state index in [9.17, 15) is 0 Å². The Balaban J connectivity index is 2.00. The van der Waals surface area contributed by atoms with Crippen LogP contribution < -0.4 is 5.32 Å². The highest BCUT2D eigenvalue weighted by Gasteiger charge is 2.27. The number of nitrogens with one attached hydrogen (secondary N) is 1. The van der Waals surface area contributed by atoms with Crippen LogP contribution in [0.2, 0.25) is 0 Å². The van der Waals surface area contributed by atoms with Crippen LogP contribution in [0.1, 0.15) is 32.3 Å². The molecule has 1 aliphatic carbocycles. The molecule has 0 saturated heterocycles. The molecule has 1 N–H and O–H groups in total. The van der Waals surface area contributed by atoms with E-state index in [0.29, 0.717) is 12.6 Å². The third-order valence-electron chi connectivity index (χ3n) is 3.19. The fourth-order valence-electron chi connectivity index (χ4n) is 1.96. The average molecular weight is 219 g/mol. The number of hydrogen-bond donors (Lipinski definition) is 1. The number of para-hydroxylation sites is 1. The number of benzene rings is 1. The van der Waals surface area contributed by atoms with Crippen molar-refractivity contribution in [3.63, 3.8) is 0 Å². The quantitative estimate of drug-likeness (QED) is 0.791. The third kappa shape index (κ3) is 2.99. The zero-order valence-electron chi connectivity index (χ0n) is 10.2. The van der Waals surface area contributed by atoms with Gasteiger partial charge >= 0.3 is 0 Å². The molecule has 0 aliphatic heterocycles. The first kappa shape index (κ1) is 11.5. The van der Waals surface area contributed by atoms with Crippen molar-refractivity contribution in [1.29, 1.82) is 0 Å². The predicted octanol–water partition coefficient (Wildman–Crippen LogP) is 3.43. The van der Waals surface area contributed by atoms with Gasteiger partial charge in [0.05, 0.1) is 6.61 Å². The molecule has 1 aliphatic rings. The van der Waals surface area contributed by atoms with Crippen molar-refractivity contribution in [3.8, 4) is 0 Å². The number of ether oxygens (including phenoxy) is 1. The van der Waals surface area contributed by atoms with E-state index in [1.807, 2.05) is 6.92 Å². The summed E-state index contributed by atoms with van der Waals surface area (Å²) in [6, 6.07) is 9.02. The molecule has 0 heterocycles. The summed E-state index contributed by atoms with van der Waals surface area (Å²) < 4.78 is 5.48. The van der Waals surface area contributed by atoms with Crippen LogP contribution >= 0.6 is 0 Å². The summed E-state index contributed by atoms with van der Waals surface area (Å²) in [6.07, 6.45) is 2.75. The Hall–Kier alpha value is -1.02. The number of hydrogen-bond acceptors (Lipinski definition) is 2. The van der Waals surface area contributed by atoms with Gasteiger partial charge in [-0.1, -0.05) is 18.2 Å². The molecule has 2 rings (SSSR count). The van der Waals surface area contributed by atoms with Crippen molar-refractivity contribution in [2.75, 3.05) is 11.9 Å². The van der Waals surface area contributed by atoms with E-state index in [4.69, 9.17) is 4.74 Å². The Kier molecular flexibility index (Phi) is 3.83. The van der Waals surface area contributed by atoms with Gasteiger partial charge in [0, 0.05) is 23.9 Å². The van der Waals surface area contributed by atoms with E-state index in [1.165, 1.54) is 24.1 Å². The highest BCUT2D eigenvalue weighted by Crippen LogP contribution is 2.34. The molecule has 1 saturated carbocycles. The lowest BCUT2D eigenvalue weighted by molar-refractivity contribution is 0.134. The molecule has 1 fully saturated rings. The summed E-state index contributed by atoms with van der Waals surface area (Å²) in [4.78, 5) is 0. The lowest BCUT2D eigenvalue weighted by Crippen LogP contribution is -2.18. The number of anilines is 1. The molecular weight excluding hydrogens is 198 g/mol. The highest BCUT2D eigenvalue weighted by atomic mass is 16.5. The van der Waals surface area contributed by atoms with Crippen molar-refractivity contribution in [3.05, 3.63) is 29.8 Å². The number of rotatable bonds is 6. The zero-order chi connectivity index (χ0) is 11.4. The van der Waals surface area contributed by atoms with Crippen LogP contribution in [0.3, 0.4) is 0 Å². The Bertz CT molecular complexity index is 333.